The first-order valence-corrected chi connectivity index (χ1v) is 10.6. The molecule has 1 aromatic rings. The van der Waals surface area contributed by atoms with E-state index in [-0.39, 0.29) is 42.7 Å². The molecule has 1 aromatic carbocycles. The number of quaternary nitrogens is 1. The SMILES string of the molecule is COCC(=O)c1cccc(NC(=O)[N+]2(C)C=CC(C(F)(F)F)=C2)c1C1CCCC(C(F)(F)F)C1. The maximum absolute atomic E-state index is 13.4. The van der Waals surface area contributed by atoms with Crippen molar-refractivity contribution in [3.05, 3.63) is 53.4 Å². The van der Waals surface area contributed by atoms with Gasteiger partial charge in [0.25, 0.3) is 0 Å². The number of allylic oxidation sites excluding steroid dienone is 2. The second-order valence-electron chi connectivity index (χ2n) is 8.70. The minimum Gasteiger partial charge on any atom is -0.377 e. The van der Waals surface area contributed by atoms with E-state index in [9.17, 15) is 35.9 Å². The Hall–Kier alpha value is -2.66. The van der Waals surface area contributed by atoms with E-state index in [0.29, 0.717) is 6.42 Å². The predicted molar refractivity (Wildman–Crippen MR) is 112 cm³/mol. The first-order valence-electron chi connectivity index (χ1n) is 10.6. The van der Waals surface area contributed by atoms with Crippen molar-refractivity contribution in [2.45, 2.75) is 44.0 Å². The monoisotopic (exact) mass is 491 g/mol. The van der Waals surface area contributed by atoms with Crippen LogP contribution in [-0.4, -0.2) is 49.4 Å². The van der Waals surface area contributed by atoms with Crippen molar-refractivity contribution < 1.29 is 45.2 Å². The molecule has 34 heavy (non-hydrogen) atoms. The number of nitrogens with one attached hydrogen (secondary N) is 1. The van der Waals surface area contributed by atoms with Gasteiger partial charge >= 0.3 is 18.4 Å². The molecule has 11 heteroatoms. The Labute approximate surface area is 192 Å². The fraction of sp³-hybridized carbons (Fsp3) is 0.478. The average Bonchev–Trinajstić information content (AvgIpc) is 3.17. The molecule has 1 saturated carbocycles. The molecular formula is C23H25F6N2O3+. The van der Waals surface area contributed by atoms with Crippen LogP contribution < -0.4 is 5.32 Å². The lowest BCUT2D eigenvalue weighted by atomic mass is 9.75. The maximum atomic E-state index is 13.4. The Balaban J connectivity index is 1.99. The van der Waals surface area contributed by atoms with Crippen LogP contribution in [0.3, 0.4) is 0 Å². The molecule has 1 heterocycles. The standard InChI is InChI=1S/C23H24F6N2O3/c1-31(10-9-16(12-31)23(27,28)29)21(33)30-18-8-4-7-17(19(32)13-34-2)20(18)14-5-3-6-15(11-14)22(24,25)26/h4,7-10,12,14-15H,3,5-6,11,13H2,1-2H3/p+1. The normalized spacial score (nSPS) is 25.2. The number of carbonyl (C=O) groups excluding carboxylic acids is 2. The molecule has 0 spiro atoms. The summed E-state index contributed by atoms with van der Waals surface area (Å²) in [5.41, 5.74) is -0.517. The van der Waals surface area contributed by atoms with Crippen molar-refractivity contribution in [1.82, 2.24) is 0 Å². The highest BCUT2D eigenvalue weighted by Crippen LogP contribution is 2.46. The number of urea groups is 1. The number of ether oxygens (including phenoxy) is 1. The molecule has 1 fully saturated rings. The van der Waals surface area contributed by atoms with Gasteiger partial charge in [-0.1, -0.05) is 18.6 Å². The highest BCUT2D eigenvalue weighted by atomic mass is 19.4. The average molecular weight is 491 g/mol. The van der Waals surface area contributed by atoms with Crippen LogP contribution in [0.15, 0.2) is 42.2 Å². The number of ketones is 1. The molecule has 1 N–H and O–H groups in total. The zero-order valence-corrected chi connectivity index (χ0v) is 18.6. The maximum Gasteiger partial charge on any atom is 0.430 e. The molecule has 3 rings (SSSR count). The van der Waals surface area contributed by atoms with Crippen molar-refractivity contribution in [2.75, 3.05) is 26.1 Å². The number of nitrogens with zero attached hydrogens (tertiary/aromatic N) is 1. The van der Waals surface area contributed by atoms with Crippen molar-refractivity contribution in [2.24, 2.45) is 5.92 Å². The summed E-state index contributed by atoms with van der Waals surface area (Å²) in [5, 5.41) is 2.55. The van der Waals surface area contributed by atoms with Crippen molar-refractivity contribution in [3.63, 3.8) is 0 Å². The van der Waals surface area contributed by atoms with E-state index in [2.05, 4.69) is 5.32 Å². The highest BCUT2D eigenvalue weighted by Gasteiger charge is 2.45. The summed E-state index contributed by atoms with van der Waals surface area (Å²) < 4.78 is 83.5. The minimum atomic E-state index is -4.64. The molecule has 0 saturated heterocycles. The summed E-state index contributed by atoms with van der Waals surface area (Å²) in [4.78, 5) is 25.7. The van der Waals surface area contributed by atoms with Crippen molar-refractivity contribution in [1.29, 1.82) is 0 Å². The van der Waals surface area contributed by atoms with Gasteiger partial charge in [-0.05, 0) is 36.8 Å². The summed E-state index contributed by atoms with van der Waals surface area (Å²) in [5.74, 6) is -2.69. The number of Topliss-reactive ketones (excluding diaryl/α,β-unsaturated/α-hetero) is 1. The van der Waals surface area contributed by atoms with Gasteiger partial charge in [0.2, 0.25) is 0 Å². The lowest BCUT2D eigenvalue weighted by Gasteiger charge is -2.33. The minimum absolute atomic E-state index is 0.0271. The molecule has 0 aromatic heterocycles. The van der Waals surface area contributed by atoms with Gasteiger partial charge in [-0.15, -0.1) is 0 Å². The molecule has 1 aliphatic carbocycles. The number of benzene rings is 1. The number of hydrogen-bond donors (Lipinski definition) is 1. The number of anilines is 1. The Kier molecular flexibility index (Phi) is 7.28. The summed E-state index contributed by atoms with van der Waals surface area (Å²) in [6, 6.07) is 3.50. The van der Waals surface area contributed by atoms with Crippen LogP contribution >= 0.6 is 0 Å². The van der Waals surface area contributed by atoms with Gasteiger partial charge in [-0.3, -0.25) is 10.1 Å². The third kappa shape index (κ3) is 5.52. The zero-order chi connectivity index (χ0) is 25.3. The predicted octanol–water partition coefficient (Wildman–Crippen LogP) is 6.30. The highest BCUT2D eigenvalue weighted by molar-refractivity contribution is 6.01. The Morgan fingerprint density at radius 2 is 1.85 bits per heavy atom. The second-order valence-corrected chi connectivity index (χ2v) is 8.70. The van der Waals surface area contributed by atoms with E-state index >= 15 is 0 Å². The smallest absolute Gasteiger partial charge is 0.377 e. The zero-order valence-electron chi connectivity index (χ0n) is 18.6. The van der Waals surface area contributed by atoms with Gasteiger partial charge in [0.15, 0.2) is 5.78 Å². The molecule has 186 valence electrons. The summed E-state index contributed by atoms with van der Waals surface area (Å²) in [6.45, 7) is -0.311. The first kappa shape index (κ1) is 26.0. The van der Waals surface area contributed by atoms with Gasteiger partial charge < -0.3 is 4.74 Å². The van der Waals surface area contributed by atoms with Gasteiger partial charge in [0, 0.05) is 18.7 Å². The number of carbonyl (C=O) groups is 2. The molecule has 2 aliphatic rings. The van der Waals surface area contributed by atoms with E-state index in [1.54, 1.807) is 0 Å². The van der Waals surface area contributed by atoms with Gasteiger partial charge in [0.05, 0.1) is 18.7 Å². The summed E-state index contributed by atoms with van der Waals surface area (Å²) >= 11 is 0. The molecule has 3 atom stereocenters. The first-order chi connectivity index (χ1) is 15.8. The van der Waals surface area contributed by atoms with Crippen molar-refractivity contribution >= 4 is 17.5 Å². The Bertz CT molecular complexity index is 1010. The molecule has 0 bridgehead atoms. The van der Waals surface area contributed by atoms with E-state index in [0.717, 1.165) is 18.5 Å². The number of rotatable bonds is 5. The van der Waals surface area contributed by atoms with Crippen LogP contribution in [0.4, 0.5) is 36.8 Å². The second kappa shape index (κ2) is 9.53. The Morgan fingerprint density at radius 3 is 2.44 bits per heavy atom. The number of hydrogen-bond acceptors (Lipinski definition) is 3. The summed E-state index contributed by atoms with van der Waals surface area (Å²) in [7, 11) is 2.54. The molecule has 0 radical (unpaired) electrons. The van der Waals surface area contributed by atoms with Gasteiger partial charge in [0.1, 0.15) is 24.6 Å². The lowest BCUT2D eigenvalue weighted by molar-refractivity contribution is -0.713. The lowest BCUT2D eigenvalue weighted by Crippen LogP contribution is -2.42. The van der Waals surface area contributed by atoms with Crippen LogP contribution in [0.2, 0.25) is 0 Å². The van der Waals surface area contributed by atoms with Gasteiger partial charge in [-0.2, -0.15) is 30.8 Å². The van der Waals surface area contributed by atoms with E-state index in [4.69, 9.17) is 4.74 Å². The van der Waals surface area contributed by atoms with Crippen molar-refractivity contribution in [3.8, 4) is 0 Å². The largest absolute Gasteiger partial charge is 0.430 e. The third-order valence-corrected chi connectivity index (χ3v) is 6.20. The fourth-order valence-corrected chi connectivity index (χ4v) is 4.46. The quantitative estimate of drug-likeness (QED) is 0.299. The number of halogens is 6. The molecule has 3 unspecified atom stereocenters. The van der Waals surface area contributed by atoms with E-state index in [1.165, 1.54) is 32.4 Å². The van der Waals surface area contributed by atoms with E-state index in [1.807, 2.05) is 0 Å². The van der Waals surface area contributed by atoms with Crippen LogP contribution in [0.5, 0.6) is 0 Å². The fourth-order valence-electron chi connectivity index (χ4n) is 4.46. The number of alkyl halides is 6. The third-order valence-electron chi connectivity index (χ3n) is 6.20. The molecule has 1 aliphatic heterocycles. The molecule has 2 amide bonds. The van der Waals surface area contributed by atoms with E-state index < -0.39 is 46.1 Å². The summed E-state index contributed by atoms with van der Waals surface area (Å²) in [6.07, 6.45) is -6.10. The van der Waals surface area contributed by atoms with Crippen LogP contribution in [-0.2, 0) is 4.74 Å². The number of methoxy groups -OCH3 is 1. The number of amides is 2. The molecular weight excluding hydrogens is 466 g/mol. The topological polar surface area (TPSA) is 55.4 Å². The van der Waals surface area contributed by atoms with Crippen LogP contribution in [0.25, 0.3) is 0 Å². The van der Waals surface area contributed by atoms with Gasteiger partial charge in [-0.25, -0.2) is 4.79 Å². The van der Waals surface area contributed by atoms with Crippen LogP contribution in [0, 0.1) is 5.92 Å². The van der Waals surface area contributed by atoms with Crippen LogP contribution in [0.1, 0.15) is 47.5 Å². The Morgan fingerprint density at radius 1 is 1.15 bits per heavy atom. The molecule has 5 nitrogen and oxygen atoms in total.